The molecule has 2 rings (SSSR count). The van der Waals surface area contributed by atoms with E-state index in [1.54, 1.807) is 7.11 Å². The number of methoxy groups -OCH3 is 1. The third-order valence-corrected chi connectivity index (χ3v) is 3.96. The zero-order valence-electron chi connectivity index (χ0n) is 14.3. The van der Waals surface area contributed by atoms with Crippen molar-refractivity contribution < 1.29 is 9.53 Å². The highest BCUT2D eigenvalue weighted by Gasteiger charge is 2.11. The molecule has 0 aliphatic carbocycles. The van der Waals surface area contributed by atoms with Gasteiger partial charge in [0.25, 0.3) is 0 Å². The molecule has 0 fully saturated rings. The summed E-state index contributed by atoms with van der Waals surface area (Å²) in [6.07, 6.45) is -0.0330. The second-order valence-electron chi connectivity index (χ2n) is 5.72. The Kier molecular flexibility index (Phi) is 6.10. The summed E-state index contributed by atoms with van der Waals surface area (Å²) in [5.41, 5.74) is 1.70. The van der Waals surface area contributed by atoms with E-state index >= 15 is 0 Å². The Balaban J connectivity index is 1.98. The molecule has 3 N–H and O–H groups in total. The number of urea groups is 1. The van der Waals surface area contributed by atoms with Gasteiger partial charge in [0.15, 0.2) is 10.6 Å². The molecule has 2 amide bonds. The number of nitrogens with one attached hydrogen (secondary N) is 3. The van der Waals surface area contributed by atoms with Gasteiger partial charge in [-0.3, -0.25) is 5.10 Å². The minimum atomic E-state index is -0.304. The smallest absolute Gasteiger partial charge is 0.319 e. The lowest BCUT2D eigenvalue weighted by molar-refractivity contribution is 0.119. The highest BCUT2D eigenvalue weighted by atomic mass is 32.1. The van der Waals surface area contributed by atoms with Crippen LogP contribution in [0.25, 0.3) is 0 Å². The molecule has 0 saturated heterocycles. The Morgan fingerprint density at radius 3 is 2.83 bits per heavy atom. The van der Waals surface area contributed by atoms with Crippen molar-refractivity contribution in [3.8, 4) is 0 Å². The zero-order valence-corrected chi connectivity index (χ0v) is 15.1. The van der Waals surface area contributed by atoms with E-state index in [-0.39, 0.29) is 24.7 Å². The standard InChI is InChI=1S/C16H23N5O2S/c1-10(2)21-14(19-20-16(21)24)9-17-15(22)18-13-7-5-6-12(8-13)11(3)23-4/h5-8,10-11H,9H2,1-4H3,(H,20,24)(H2,17,18,22)/t11-/m0/s1. The SMILES string of the molecule is CO[C@@H](C)c1cccc(NC(=O)NCc2n[nH]c(=S)n2C(C)C)c1. The molecular weight excluding hydrogens is 326 g/mol. The van der Waals surface area contributed by atoms with Gasteiger partial charge in [0.1, 0.15) is 0 Å². The molecule has 0 radical (unpaired) electrons. The largest absolute Gasteiger partial charge is 0.377 e. The fourth-order valence-electron chi connectivity index (χ4n) is 2.33. The first-order valence-electron chi connectivity index (χ1n) is 7.75. The molecule has 24 heavy (non-hydrogen) atoms. The molecule has 0 aliphatic rings. The number of carbonyl (C=O) groups is 1. The summed E-state index contributed by atoms with van der Waals surface area (Å²) in [7, 11) is 1.65. The number of hydrogen-bond donors (Lipinski definition) is 3. The van der Waals surface area contributed by atoms with Gasteiger partial charge in [-0.1, -0.05) is 12.1 Å². The van der Waals surface area contributed by atoms with Crippen LogP contribution in [0.15, 0.2) is 24.3 Å². The second-order valence-corrected chi connectivity index (χ2v) is 6.11. The van der Waals surface area contributed by atoms with Crippen LogP contribution in [0.4, 0.5) is 10.5 Å². The molecule has 7 nitrogen and oxygen atoms in total. The van der Waals surface area contributed by atoms with Gasteiger partial charge in [0.2, 0.25) is 0 Å². The lowest BCUT2D eigenvalue weighted by atomic mass is 10.1. The van der Waals surface area contributed by atoms with Crippen LogP contribution >= 0.6 is 12.2 Å². The highest BCUT2D eigenvalue weighted by molar-refractivity contribution is 7.71. The number of ether oxygens (including phenoxy) is 1. The predicted octanol–water partition coefficient (Wildman–Crippen LogP) is 3.55. The summed E-state index contributed by atoms with van der Waals surface area (Å²) < 4.78 is 7.70. The van der Waals surface area contributed by atoms with Crippen molar-refractivity contribution in [2.24, 2.45) is 0 Å². The number of anilines is 1. The number of nitrogens with zero attached hydrogens (tertiary/aromatic N) is 2. The van der Waals surface area contributed by atoms with E-state index in [0.717, 1.165) is 5.56 Å². The van der Waals surface area contributed by atoms with Crippen LogP contribution in [0.5, 0.6) is 0 Å². The molecule has 2 aromatic rings. The number of carbonyl (C=O) groups excluding carboxylic acids is 1. The molecule has 0 bridgehead atoms. The van der Waals surface area contributed by atoms with E-state index in [2.05, 4.69) is 20.8 Å². The van der Waals surface area contributed by atoms with Crippen LogP contribution in [0, 0.1) is 4.77 Å². The number of hydrogen-bond acceptors (Lipinski definition) is 4. The summed E-state index contributed by atoms with van der Waals surface area (Å²) >= 11 is 5.19. The first kappa shape index (κ1) is 18.2. The van der Waals surface area contributed by atoms with Gasteiger partial charge in [-0.25, -0.2) is 4.79 Å². The Labute approximate surface area is 146 Å². The number of rotatable bonds is 6. The third kappa shape index (κ3) is 4.42. The van der Waals surface area contributed by atoms with E-state index < -0.39 is 0 Å². The maximum absolute atomic E-state index is 12.1. The van der Waals surface area contributed by atoms with Crippen molar-refractivity contribution in [2.45, 2.75) is 39.5 Å². The molecule has 1 heterocycles. The van der Waals surface area contributed by atoms with Crippen LogP contribution in [0.2, 0.25) is 0 Å². The fourth-order valence-corrected chi connectivity index (χ4v) is 2.70. The van der Waals surface area contributed by atoms with E-state index in [0.29, 0.717) is 16.3 Å². The predicted molar refractivity (Wildman–Crippen MR) is 95.5 cm³/mol. The Morgan fingerprint density at radius 2 is 2.17 bits per heavy atom. The summed E-state index contributed by atoms with van der Waals surface area (Å²) in [6, 6.07) is 7.42. The number of aromatic nitrogens is 3. The van der Waals surface area contributed by atoms with Gasteiger partial charge in [-0.05, 0) is 50.7 Å². The fraction of sp³-hybridized carbons (Fsp3) is 0.438. The molecule has 0 saturated carbocycles. The minimum absolute atomic E-state index is 0.0330. The average Bonchev–Trinajstić information content (AvgIpc) is 2.93. The maximum Gasteiger partial charge on any atom is 0.319 e. The van der Waals surface area contributed by atoms with Gasteiger partial charge >= 0.3 is 6.03 Å². The van der Waals surface area contributed by atoms with Crippen LogP contribution < -0.4 is 10.6 Å². The van der Waals surface area contributed by atoms with Gasteiger partial charge in [0, 0.05) is 18.8 Å². The molecule has 0 spiro atoms. The molecule has 1 atom stereocenters. The molecule has 0 unspecified atom stereocenters. The van der Waals surface area contributed by atoms with Crippen molar-refractivity contribution in [1.82, 2.24) is 20.1 Å². The Morgan fingerprint density at radius 1 is 1.42 bits per heavy atom. The van der Waals surface area contributed by atoms with Crippen LogP contribution in [0.3, 0.4) is 0 Å². The first-order valence-corrected chi connectivity index (χ1v) is 8.16. The third-order valence-electron chi connectivity index (χ3n) is 3.67. The first-order chi connectivity index (χ1) is 11.4. The maximum atomic E-state index is 12.1. The van der Waals surface area contributed by atoms with Crippen molar-refractivity contribution >= 4 is 23.9 Å². The van der Waals surface area contributed by atoms with E-state index in [4.69, 9.17) is 17.0 Å². The number of aromatic amines is 1. The highest BCUT2D eigenvalue weighted by Crippen LogP contribution is 2.19. The average molecular weight is 349 g/mol. The molecule has 1 aromatic carbocycles. The molecule has 130 valence electrons. The van der Waals surface area contributed by atoms with Crippen molar-refractivity contribution in [2.75, 3.05) is 12.4 Å². The van der Waals surface area contributed by atoms with Gasteiger partial charge < -0.3 is 19.9 Å². The summed E-state index contributed by atoms with van der Waals surface area (Å²) in [6.45, 7) is 6.26. The van der Waals surface area contributed by atoms with Crippen molar-refractivity contribution in [3.63, 3.8) is 0 Å². The molecule has 1 aromatic heterocycles. The van der Waals surface area contributed by atoms with Gasteiger partial charge in [0.05, 0.1) is 12.6 Å². The summed E-state index contributed by atoms with van der Waals surface area (Å²) in [4.78, 5) is 12.1. The Bertz CT molecular complexity index is 753. The van der Waals surface area contributed by atoms with Crippen LogP contribution in [-0.4, -0.2) is 27.9 Å². The topological polar surface area (TPSA) is 84.0 Å². The van der Waals surface area contributed by atoms with E-state index in [1.807, 2.05) is 49.6 Å². The molecular formula is C16H23N5O2S. The van der Waals surface area contributed by atoms with Crippen LogP contribution in [-0.2, 0) is 11.3 Å². The van der Waals surface area contributed by atoms with Gasteiger partial charge in [-0.2, -0.15) is 5.10 Å². The normalized spacial score (nSPS) is 12.2. The molecule has 8 heteroatoms. The second kappa shape index (κ2) is 8.07. The number of amides is 2. The monoisotopic (exact) mass is 349 g/mol. The van der Waals surface area contributed by atoms with Crippen LogP contribution in [0.1, 0.15) is 44.3 Å². The summed E-state index contributed by atoms with van der Waals surface area (Å²) in [5, 5.41) is 12.5. The quantitative estimate of drug-likeness (QED) is 0.696. The number of H-pyrrole nitrogens is 1. The Hall–Kier alpha value is -2.19. The van der Waals surface area contributed by atoms with Crippen molar-refractivity contribution in [3.05, 3.63) is 40.4 Å². The minimum Gasteiger partial charge on any atom is -0.377 e. The molecule has 0 aliphatic heterocycles. The van der Waals surface area contributed by atoms with Crippen molar-refractivity contribution in [1.29, 1.82) is 0 Å². The van der Waals surface area contributed by atoms with Gasteiger partial charge in [-0.15, -0.1) is 0 Å². The van der Waals surface area contributed by atoms with E-state index in [1.165, 1.54) is 0 Å². The summed E-state index contributed by atoms with van der Waals surface area (Å²) in [5.74, 6) is 0.687. The van der Waals surface area contributed by atoms with E-state index in [9.17, 15) is 4.79 Å². The number of benzene rings is 1. The lowest BCUT2D eigenvalue weighted by Gasteiger charge is -2.13. The zero-order chi connectivity index (χ0) is 17.7. The lowest BCUT2D eigenvalue weighted by Crippen LogP contribution is -2.29.